The first kappa shape index (κ1) is 24.0. The number of aryl methyl sites for hydroxylation is 1. The molecule has 1 saturated heterocycles. The van der Waals surface area contributed by atoms with E-state index in [1.165, 1.54) is 23.4 Å². The Balaban J connectivity index is 1.59. The van der Waals surface area contributed by atoms with E-state index < -0.39 is 27.3 Å². The maximum atomic E-state index is 14.4. The highest BCUT2D eigenvalue weighted by Crippen LogP contribution is 2.27. The molecule has 0 bridgehead atoms. The van der Waals surface area contributed by atoms with E-state index >= 15 is 0 Å². The van der Waals surface area contributed by atoms with Crippen LogP contribution in [0.15, 0.2) is 24.7 Å². The van der Waals surface area contributed by atoms with Crippen LogP contribution in [0, 0.1) is 11.7 Å². The summed E-state index contributed by atoms with van der Waals surface area (Å²) >= 11 is 5.91. The summed E-state index contributed by atoms with van der Waals surface area (Å²) in [6.07, 6.45) is 3.20. The number of hydrogen-bond donors (Lipinski definition) is 3. The number of hydrogen-bond acceptors (Lipinski definition) is 5. The number of likely N-dealkylation sites (tertiary alicyclic amines) is 1. The van der Waals surface area contributed by atoms with Crippen LogP contribution in [0.5, 0.6) is 0 Å². The molecule has 1 aliphatic heterocycles. The predicted octanol–water partition coefficient (Wildman–Crippen LogP) is 1.49. The SMILES string of the molecule is CC(C)NC(=O)N1CC(CS(=O)(=O)NNC(=O)c2cc(-c3cn(C)cn3)cc(Cl)c2F)C1. The van der Waals surface area contributed by atoms with Crippen LogP contribution < -0.4 is 15.6 Å². The number of sulfonamides is 1. The van der Waals surface area contributed by atoms with Gasteiger partial charge in [-0.1, -0.05) is 11.6 Å². The van der Waals surface area contributed by atoms with E-state index in [1.807, 2.05) is 24.1 Å². The Morgan fingerprint density at radius 3 is 2.59 bits per heavy atom. The van der Waals surface area contributed by atoms with Gasteiger partial charge in [0.05, 0.1) is 28.4 Å². The molecule has 0 atom stereocenters. The van der Waals surface area contributed by atoms with Crippen LogP contribution in [0.2, 0.25) is 5.02 Å². The lowest BCUT2D eigenvalue weighted by atomic mass is 10.0. The average Bonchev–Trinajstić information content (AvgIpc) is 3.10. The van der Waals surface area contributed by atoms with Gasteiger partial charge in [-0.3, -0.25) is 10.2 Å². The van der Waals surface area contributed by atoms with Crippen LogP contribution >= 0.6 is 11.6 Å². The van der Waals surface area contributed by atoms with E-state index in [9.17, 15) is 22.4 Å². The zero-order chi connectivity index (χ0) is 23.6. The predicted molar refractivity (Wildman–Crippen MR) is 117 cm³/mol. The summed E-state index contributed by atoms with van der Waals surface area (Å²) in [4.78, 5) is 31.9. The quantitative estimate of drug-likeness (QED) is 0.511. The minimum absolute atomic E-state index is 0.0211. The first-order valence-corrected chi connectivity index (χ1v) is 11.8. The molecule has 0 radical (unpaired) electrons. The summed E-state index contributed by atoms with van der Waals surface area (Å²) in [5.41, 5.74) is 2.46. The number of nitrogens with zero attached hydrogens (tertiary/aromatic N) is 3. The lowest BCUT2D eigenvalue weighted by Gasteiger charge is -2.39. The molecule has 1 aromatic carbocycles. The summed E-state index contributed by atoms with van der Waals surface area (Å²) in [5.74, 6) is -2.55. The number of amides is 3. The van der Waals surface area contributed by atoms with Crippen molar-refractivity contribution < 1.29 is 22.4 Å². The van der Waals surface area contributed by atoms with Crippen molar-refractivity contribution in [2.45, 2.75) is 19.9 Å². The van der Waals surface area contributed by atoms with E-state index in [0.29, 0.717) is 11.3 Å². The third-order valence-electron chi connectivity index (χ3n) is 4.71. The minimum atomic E-state index is -3.91. The van der Waals surface area contributed by atoms with Crippen molar-refractivity contribution in [3.63, 3.8) is 0 Å². The number of nitrogens with one attached hydrogen (secondary N) is 3. The van der Waals surface area contributed by atoms with E-state index in [1.54, 1.807) is 17.8 Å². The highest BCUT2D eigenvalue weighted by Gasteiger charge is 2.34. The van der Waals surface area contributed by atoms with Gasteiger partial charge < -0.3 is 14.8 Å². The summed E-state index contributed by atoms with van der Waals surface area (Å²) in [7, 11) is -2.16. The normalized spacial score (nSPS) is 14.4. The Morgan fingerprint density at radius 2 is 2.00 bits per heavy atom. The maximum absolute atomic E-state index is 14.4. The number of hydrazine groups is 1. The largest absolute Gasteiger partial charge is 0.340 e. The molecule has 2 heterocycles. The highest BCUT2D eigenvalue weighted by atomic mass is 35.5. The first-order valence-electron chi connectivity index (χ1n) is 9.78. The summed E-state index contributed by atoms with van der Waals surface area (Å²) in [6, 6.07) is 2.30. The first-order chi connectivity index (χ1) is 14.9. The number of carbonyl (C=O) groups excluding carboxylic acids is 2. The number of urea groups is 1. The van der Waals surface area contributed by atoms with Gasteiger partial charge in [0.1, 0.15) is 0 Å². The molecule has 1 aromatic heterocycles. The fraction of sp³-hybridized carbons (Fsp3) is 0.421. The van der Waals surface area contributed by atoms with Crippen molar-refractivity contribution in [2.75, 3.05) is 18.8 Å². The Bertz CT molecular complexity index is 1130. The summed E-state index contributed by atoms with van der Waals surface area (Å²) in [6.45, 7) is 4.22. The molecule has 0 aliphatic carbocycles. The molecule has 1 aliphatic rings. The summed E-state index contributed by atoms with van der Waals surface area (Å²) in [5, 5.41) is 2.43. The fourth-order valence-corrected chi connectivity index (χ4v) is 4.57. The van der Waals surface area contributed by atoms with E-state index in [-0.39, 0.29) is 41.9 Å². The number of aromatic nitrogens is 2. The zero-order valence-corrected chi connectivity index (χ0v) is 19.3. The second-order valence-corrected chi connectivity index (χ2v) is 10.1. The number of rotatable bonds is 7. The van der Waals surface area contributed by atoms with Gasteiger partial charge in [0.2, 0.25) is 10.0 Å². The minimum Gasteiger partial charge on any atom is -0.340 e. The van der Waals surface area contributed by atoms with Crippen molar-refractivity contribution in [1.82, 2.24) is 30.0 Å². The number of halogens is 2. The van der Waals surface area contributed by atoms with Gasteiger partial charge >= 0.3 is 6.03 Å². The van der Waals surface area contributed by atoms with Gasteiger partial charge in [0.25, 0.3) is 5.91 Å². The van der Waals surface area contributed by atoms with E-state index in [2.05, 4.69) is 10.3 Å². The van der Waals surface area contributed by atoms with Crippen LogP contribution in [-0.2, 0) is 17.1 Å². The lowest BCUT2D eigenvalue weighted by molar-refractivity contribution is 0.0940. The average molecular weight is 487 g/mol. The van der Waals surface area contributed by atoms with Crippen molar-refractivity contribution in [3.8, 4) is 11.3 Å². The Hall–Kier alpha value is -2.70. The van der Waals surface area contributed by atoms with Crippen LogP contribution in [-0.4, -0.2) is 59.7 Å². The van der Waals surface area contributed by atoms with Gasteiger partial charge in [-0.15, -0.1) is 4.83 Å². The molecule has 13 heteroatoms. The molecule has 10 nitrogen and oxygen atoms in total. The van der Waals surface area contributed by atoms with Crippen LogP contribution in [0.1, 0.15) is 24.2 Å². The highest BCUT2D eigenvalue weighted by molar-refractivity contribution is 7.89. The van der Waals surface area contributed by atoms with Gasteiger partial charge in [-0.05, 0) is 26.0 Å². The molecule has 3 rings (SSSR count). The van der Waals surface area contributed by atoms with Crippen LogP contribution in [0.3, 0.4) is 0 Å². The molecule has 0 spiro atoms. The van der Waals surface area contributed by atoms with Crippen LogP contribution in [0.4, 0.5) is 9.18 Å². The standard InChI is InChI=1S/C19H24ClFN6O4S/c1-11(2)23-19(29)27-6-12(7-27)9-32(30,31)25-24-18(28)14-4-13(5-15(20)17(14)21)16-8-26(3)10-22-16/h4-5,8,10-12,25H,6-7,9H2,1-3H3,(H,23,29)(H,24,28). The molecule has 3 amide bonds. The summed E-state index contributed by atoms with van der Waals surface area (Å²) < 4.78 is 40.7. The molecule has 0 unspecified atom stereocenters. The van der Waals surface area contributed by atoms with Crippen molar-refractivity contribution in [2.24, 2.45) is 13.0 Å². The van der Waals surface area contributed by atoms with Gasteiger partial charge in [0, 0.05) is 43.9 Å². The number of carbonyl (C=O) groups is 2. The third kappa shape index (κ3) is 5.75. The van der Waals surface area contributed by atoms with Crippen molar-refractivity contribution in [1.29, 1.82) is 0 Å². The molecule has 174 valence electrons. The molecule has 1 fully saturated rings. The monoisotopic (exact) mass is 486 g/mol. The van der Waals surface area contributed by atoms with Gasteiger partial charge in [0.15, 0.2) is 5.82 Å². The van der Waals surface area contributed by atoms with Gasteiger partial charge in [-0.25, -0.2) is 22.6 Å². The van der Waals surface area contributed by atoms with Crippen molar-refractivity contribution in [3.05, 3.63) is 41.1 Å². The number of imidazole rings is 1. The molecular formula is C19H24ClFN6O4S. The Labute approximate surface area is 190 Å². The Morgan fingerprint density at radius 1 is 1.31 bits per heavy atom. The van der Waals surface area contributed by atoms with Crippen LogP contribution in [0.25, 0.3) is 11.3 Å². The third-order valence-corrected chi connectivity index (χ3v) is 6.30. The molecule has 0 saturated carbocycles. The maximum Gasteiger partial charge on any atom is 0.317 e. The van der Waals surface area contributed by atoms with E-state index in [4.69, 9.17) is 11.6 Å². The smallest absolute Gasteiger partial charge is 0.317 e. The van der Waals surface area contributed by atoms with Gasteiger partial charge in [-0.2, -0.15) is 0 Å². The van der Waals surface area contributed by atoms with E-state index in [0.717, 1.165) is 0 Å². The van der Waals surface area contributed by atoms with Crippen molar-refractivity contribution >= 4 is 33.6 Å². The topological polar surface area (TPSA) is 125 Å². The lowest BCUT2D eigenvalue weighted by Crippen LogP contribution is -2.57. The second kappa shape index (κ2) is 9.43. The number of benzene rings is 1. The molecule has 2 aromatic rings. The molecule has 32 heavy (non-hydrogen) atoms. The zero-order valence-electron chi connectivity index (χ0n) is 17.7. The Kier molecular flexibility index (Phi) is 7.06. The second-order valence-electron chi connectivity index (χ2n) is 7.96. The fourth-order valence-electron chi connectivity index (χ4n) is 3.19. The molecular weight excluding hydrogens is 463 g/mol. The molecule has 3 N–H and O–H groups in total.